The molecule has 0 atom stereocenters. The summed E-state index contributed by atoms with van der Waals surface area (Å²) in [7, 11) is 0. The van der Waals surface area contributed by atoms with Crippen LogP contribution >= 0.6 is 11.3 Å². The van der Waals surface area contributed by atoms with Gasteiger partial charge in [-0.3, -0.25) is 0 Å². The largest absolute Gasteiger partial charge is 0.310 e. The fourth-order valence-electron chi connectivity index (χ4n) is 10.1. The van der Waals surface area contributed by atoms with Crippen molar-refractivity contribution in [2.45, 2.75) is 0 Å². The van der Waals surface area contributed by atoms with Crippen molar-refractivity contribution in [3.63, 3.8) is 0 Å². The van der Waals surface area contributed by atoms with Crippen LogP contribution in [0.15, 0.2) is 255 Å². The third kappa shape index (κ3) is 6.88. The monoisotopic (exact) mass is 870 g/mol. The highest BCUT2D eigenvalue weighted by Gasteiger charge is 2.18. The van der Waals surface area contributed by atoms with Crippen molar-refractivity contribution < 1.29 is 0 Å². The molecule has 0 amide bonds. The Labute approximate surface area is 393 Å². The van der Waals surface area contributed by atoms with Crippen LogP contribution in [-0.4, -0.2) is 4.57 Å². The van der Waals surface area contributed by atoms with Gasteiger partial charge in [-0.05, 0) is 128 Å². The summed E-state index contributed by atoms with van der Waals surface area (Å²) >= 11 is 1.87. The molecule has 0 saturated heterocycles. The molecule has 0 aliphatic carbocycles. The van der Waals surface area contributed by atoms with Gasteiger partial charge in [0.1, 0.15) is 0 Å². The minimum atomic E-state index is 1.08. The van der Waals surface area contributed by atoms with Crippen molar-refractivity contribution in [2.24, 2.45) is 0 Å². The second-order valence-electron chi connectivity index (χ2n) is 17.3. The third-order valence-electron chi connectivity index (χ3n) is 13.4. The number of hydrogen-bond donors (Lipinski definition) is 0. The molecular formula is C64H42N2S. The van der Waals surface area contributed by atoms with Crippen LogP contribution in [0.25, 0.3) is 103 Å². The lowest BCUT2D eigenvalue weighted by Crippen LogP contribution is -2.10. The Hall–Kier alpha value is -8.50. The number of fused-ring (bicyclic) bond motifs is 7. The molecule has 314 valence electrons. The summed E-state index contributed by atoms with van der Waals surface area (Å²) in [6.07, 6.45) is 0. The van der Waals surface area contributed by atoms with Crippen molar-refractivity contribution in [3.05, 3.63) is 255 Å². The topological polar surface area (TPSA) is 8.17 Å². The SMILES string of the molecule is c1cc(-c2ccc(-c3ccc(N(c4ccc(-c5cccc6c5sc5ccccc56)cc4)c4cccc(-n5c6ccccc6c6ccccc65)c4)cc3)cc2)cc(-c2ccc3ccccc3c2)c1. The summed E-state index contributed by atoms with van der Waals surface area (Å²) in [5.74, 6) is 0. The fraction of sp³-hybridized carbons (Fsp3) is 0. The first kappa shape index (κ1) is 38.9. The van der Waals surface area contributed by atoms with Crippen LogP contribution in [0.3, 0.4) is 0 Å². The Morgan fingerprint density at radius 2 is 0.806 bits per heavy atom. The summed E-state index contributed by atoms with van der Waals surface area (Å²) in [6.45, 7) is 0. The maximum Gasteiger partial charge on any atom is 0.0541 e. The predicted molar refractivity (Wildman–Crippen MR) is 288 cm³/mol. The maximum absolute atomic E-state index is 2.40. The Morgan fingerprint density at radius 3 is 1.52 bits per heavy atom. The molecule has 0 spiro atoms. The molecule has 0 aliphatic rings. The van der Waals surface area contributed by atoms with E-state index in [-0.39, 0.29) is 0 Å². The zero-order valence-corrected chi connectivity index (χ0v) is 37.4. The van der Waals surface area contributed by atoms with Gasteiger partial charge in [0.05, 0.1) is 11.0 Å². The minimum Gasteiger partial charge on any atom is -0.310 e. The van der Waals surface area contributed by atoms with E-state index in [1.165, 1.54) is 97.3 Å². The highest BCUT2D eigenvalue weighted by atomic mass is 32.1. The van der Waals surface area contributed by atoms with Crippen LogP contribution in [0.4, 0.5) is 17.1 Å². The minimum absolute atomic E-state index is 1.08. The number of benzene rings is 11. The van der Waals surface area contributed by atoms with E-state index in [0.717, 1.165) is 22.7 Å². The molecule has 13 rings (SSSR count). The van der Waals surface area contributed by atoms with Crippen LogP contribution in [0.5, 0.6) is 0 Å². The molecule has 0 bridgehead atoms. The van der Waals surface area contributed by atoms with E-state index in [0.29, 0.717) is 0 Å². The quantitative estimate of drug-likeness (QED) is 0.148. The molecule has 2 nitrogen and oxygen atoms in total. The number of thiophene rings is 1. The smallest absolute Gasteiger partial charge is 0.0541 e. The molecule has 3 heteroatoms. The normalized spacial score (nSPS) is 11.6. The average molecular weight is 871 g/mol. The van der Waals surface area contributed by atoms with E-state index in [1.54, 1.807) is 0 Å². The molecule has 0 fully saturated rings. The average Bonchev–Trinajstić information content (AvgIpc) is 3.96. The van der Waals surface area contributed by atoms with Gasteiger partial charge in [-0.2, -0.15) is 0 Å². The Morgan fingerprint density at radius 1 is 0.299 bits per heavy atom. The van der Waals surface area contributed by atoms with Gasteiger partial charge in [0, 0.05) is 53.7 Å². The summed E-state index contributed by atoms with van der Waals surface area (Å²) in [4.78, 5) is 2.39. The molecule has 2 aromatic heterocycles. The maximum atomic E-state index is 2.40. The lowest BCUT2D eigenvalue weighted by Gasteiger charge is -2.26. The van der Waals surface area contributed by atoms with E-state index in [4.69, 9.17) is 0 Å². The summed E-state index contributed by atoms with van der Waals surface area (Å²) in [5, 5.41) is 7.65. The molecule has 0 aliphatic heterocycles. The van der Waals surface area contributed by atoms with Crippen molar-refractivity contribution in [3.8, 4) is 50.2 Å². The summed E-state index contributed by atoms with van der Waals surface area (Å²) in [5.41, 5.74) is 16.4. The van der Waals surface area contributed by atoms with Gasteiger partial charge in [0.2, 0.25) is 0 Å². The van der Waals surface area contributed by atoms with Crippen molar-refractivity contribution >= 4 is 81.1 Å². The van der Waals surface area contributed by atoms with E-state index in [9.17, 15) is 0 Å². The van der Waals surface area contributed by atoms with Gasteiger partial charge >= 0.3 is 0 Å². The number of rotatable bonds is 8. The molecular weight excluding hydrogens is 829 g/mol. The molecule has 0 unspecified atom stereocenters. The van der Waals surface area contributed by atoms with E-state index >= 15 is 0 Å². The van der Waals surface area contributed by atoms with Gasteiger partial charge in [0.15, 0.2) is 0 Å². The first-order valence-electron chi connectivity index (χ1n) is 22.9. The van der Waals surface area contributed by atoms with E-state index in [2.05, 4.69) is 264 Å². The zero-order valence-electron chi connectivity index (χ0n) is 36.6. The fourth-order valence-corrected chi connectivity index (χ4v) is 11.3. The van der Waals surface area contributed by atoms with Crippen LogP contribution in [0.2, 0.25) is 0 Å². The second-order valence-corrected chi connectivity index (χ2v) is 18.4. The highest BCUT2D eigenvalue weighted by Crippen LogP contribution is 2.43. The van der Waals surface area contributed by atoms with Gasteiger partial charge in [-0.1, -0.05) is 182 Å². The van der Waals surface area contributed by atoms with Crippen molar-refractivity contribution in [2.75, 3.05) is 4.90 Å². The number of nitrogens with zero attached hydrogens (tertiary/aromatic N) is 2. The lowest BCUT2D eigenvalue weighted by atomic mass is 9.96. The lowest BCUT2D eigenvalue weighted by molar-refractivity contribution is 1.17. The molecule has 67 heavy (non-hydrogen) atoms. The number of hydrogen-bond acceptors (Lipinski definition) is 2. The van der Waals surface area contributed by atoms with Gasteiger partial charge in [-0.15, -0.1) is 11.3 Å². The van der Waals surface area contributed by atoms with E-state index in [1.807, 2.05) is 11.3 Å². The van der Waals surface area contributed by atoms with E-state index < -0.39 is 0 Å². The van der Waals surface area contributed by atoms with Crippen LogP contribution in [0, 0.1) is 0 Å². The van der Waals surface area contributed by atoms with Gasteiger partial charge < -0.3 is 9.47 Å². The molecule has 11 aromatic carbocycles. The standard InChI is InChI=1S/C64H42N2S/c1-2-13-48-41-51(31-30-43(48)12-1)50-15-9-14-49(40-50)46-28-26-44(27-29-46)45-32-36-52(37-33-45)65(53-38-34-47(35-39-53)56-21-11-22-60-59-20-5-8-25-63(59)67-64(56)60)54-16-10-17-55(42-54)66-61-23-6-3-18-57(61)58-19-4-7-24-62(58)66/h1-42H. The van der Waals surface area contributed by atoms with Crippen molar-refractivity contribution in [1.29, 1.82) is 0 Å². The molecule has 0 N–H and O–H groups in total. The number of anilines is 3. The molecule has 2 heterocycles. The molecule has 0 radical (unpaired) electrons. The van der Waals surface area contributed by atoms with Gasteiger partial charge in [-0.25, -0.2) is 0 Å². The molecule has 0 saturated carbocycles. The Bertz CT molecular complexity index is 3920. The molecule has 13 aromatic rings. The van der Waals surface area contributed by atoms with Crippen LogP contribution in [-0.2, 0) is 0 Å². The van der Waals surface area contributed by atoms with Crippen LogP contribution < -0.4 is 4.90 Å². The summed E-state index contributed by atoms with van der Waals surface area (Å²) < 4.78 is 5.04. The zero-order chi connectivity index (χ0) is 44.3. The third-order valence-corrected chi connectivity index (χ3v) is 14.6. The number of aromatic nitrogens is 1. The number of para-hydroxylation sites is 2. The van der Waals surface area contributed by atoms with Crippen LogP contribution in [0.1, 0.15) is 0 Å². The second kappa shape index (κ2) is 16.2. The summed E-state index contributed by atoms with van der Waals surface area (Å²) in [6, 6.07) is 93.1. The Balaban J connectivity index is 0.863. The predicted octanol–water partition coefficient (Wildman–Crippen LogP) is 18.4. The van der Waals surface area contributed by atoms with Crippen molar-refractivity contribution in [1.82, 2.24) is 4.57 Å². The highest BCUT2D eigenvalue weighted by molar-refractivity contribution is 7.26. The van der Waals surface area contributed by atoms with Gasteiger partial charge in [0.25, 0.3) is 0 Å². The first-order valence-corrected chi connectivity index (χ1v) is 23.7. The first-order chi connectivity index (χ1) is 33.2. The Kier molecular flexibility index (Phi) is 9.40.